The molecular formula is C17H21NO3. The maximum absolute atomic E-state index is 12.6. The molecule has 0 heterocycles. The number of rotatable bonds is 4. The number of aryl methyl sites for hydroxylation is 1. The molecule has 0 saturated carbocycles. The van der Waals surface area contributed by atoms with Crippen molar-refractivity contribution in [1.82, 2.24) is 0 Å². The van der Waals surface area contributed by atoms with Gasteiger partial charge in [0.25, 0.3) is 0 Å². The number of hydrogen-bond donors (Lipinski definition) is 1. The van der Waals surface area contributed by atoms with Gasteiger partial charge >= 0.3 is 5.97 Å². The molecule has 0 aliphatic heterocycles. The number of carbonyl (C=O) groups is 2. The smallest absolute Gasteiger partial charge is 0.307 e. The second kappa shape index (κ2) is 6.57. The molecule has 1 aromatic carbocycles. The first-order valence-electron chi connectivity index (χ1n) is 7.29. The Bertz CT molecular complexity index is 548. The maximum atomic E-state index is 12.6. The predicted molar refractivity (Wildman–Crippen MR) is 82.2 cm³/mol. The van der Waals surface area contributed by atoms with Gasteiger partial charge in [-0.2, -0.15) is 0 Å². The van der Waals surface area contributed by atoms with Crippen LogP contribution in [0.25, 0.3) is 0 Å². The number of allylic oxidation sites excluding steroid dienone is 2. The molecule has 112 valence electrons. The molecule has 0 radical (unpaired) electrons. The summed E-state index contributed by atoms with van der Waals surface area (Å²) in [4.78, 5) is 25.5. The van der Waals surface area contributed by atoms with Crippen LogP contribution >= 0.6 is 0 Å². The molecule has 2 atom stereocenters. The van der Waals surface area contributed by atoms with Crippen LogP contribution in [0.3, 0.4) is 0 Å². The third-order valence-corrected chi connectivity index (χ3v) is 4.13. The first kappa shape index (κ1) is 15.3. The van der Waals surface area contributed by atoms with Crippen molar-refractivity contribution in [1.29, 1.82) is 0 Å². The summed E-state index contributed by atoms with van der Waals surface area (Å²) in [6, 6.07) is 7.81. The van der Waals surface area contributed by atoms with Gasteiger partial charge in [-0.15, -0.1) is 0 Å². The number of carbonyl (C=O) groups excluding carboxylic acids is 1. The Labute approximate surface area is 125 Å². The Morgan fingerprint density at radius 1 is 1.14 bits per heavy atom. The van der Waals surface area contributed by atoms with Gasteiger partial charge in [0, 0.05) is 12.7 Å². The highest BCUT2D eigenvalue weighted by atomic mass is 16.4. The number of carboxylic acids is 1. The van der Waals surface area contributed by atoms with Crippen molar-refractivity contribution in [2.24, 2.45) is 11.8 Å². The molecule has 1 aromatic rings. The standard InChI is InChI=1S/C17H21NO3/c1-3-12-8-10-13(11-9-12)18(2)16(19)14-6-4-5-7-15(14)17(20)21/h4-5,8-11,14-15H,3,6-7H2,1-2H3,(H,20,21). The number of nitrogens with zero attached hydrogens (tertiary/aromatic N) is 1. The van der Waals surface area contributed by atoms with E-state index in [0.717, 1.165) is 12.1 Å². The van der Waals surface area contributed by atoms with Crippen LogP contribution in [-0.2, 0) is 16.0 Å². The molecule has 4 heteroatoms. The lowest BCUT2D eigenvalue weighted by molar-refractivity contribution is -0.146. The summed E-state index contributed by atoms with van der Waals surface area (Å²) in [6.45, 7) is 2.08. The van der Waals surface area contributed by atoms with E-state index < -0.39 is 17.8 Å². The first-order valence-corrected chi connectivity index (χ1v) is 7.29. The van der Waals surface area contributed by atoms with Crippen LogP contribution in [0.5, 0.6) is 0 Å². The average Bonchev–Trinajstić information content (AvgIpc) is 2.53. The Morgan fingerprint density at radius 2 is 1.71 bits per heavy atom. The van der Waals surface area contributed by atoms with Crippen LogP contribution in [0.4, 0.5) is 5.69 Å². The van der Waals surface area contributed by atoms with Crippen molar-refractivity contribution in [2.75, 3.05) is 11.9 Å². The van der Waals surface area contributed by atoms with Gasteiger partial charge < -0.3 is 10.0 Å². The Morgan fingerprint density at radius 3 is 2.24 bits per heavy atom. The summed E-state index contributed by atoms with van der Waals surface area (Å²) in [5.74, 6) is -2.13. The Balaban J connectivity index is 2.17. The van der Waals surface area contributed by atoms with Gasteiger partial charge in [0.2, 0.25) is 5.91 Å². The zero-order valence-electron chi connectivity index (χ0n) is 12.5. The largest absolute Gasteiger partial charge is 0.481 e. The number of aliphatic carboxylic acids is 1. The number of anilines is 1. The lowest BCUT2D eigenvalue weighted by Crippen LogP contribution is -2.40. The van der Waals surface area contributed by atoms with E-state index in [1.165, 1.54) is 5.56 Å². The molecular weight excluding hydrogens is 266 g/mol. The average molecular weight is 287 g/mol. The van der Waals surface area contributed by atoms with E-state index in [2.05, 4.69) is 6.92 Å². The number of carboxylic acid groups (broad SMARTS) is 1. The van der Waals surface area contributed by atoms with Crippen LogP contribution < -0.4 is 4.90 Å². The second-order valence-electron chi connectivity index (χ2n) is 5.41. The minimum Gasteiger partial charge on any atom is -0.481 e. The topological polar surface area (TPSA) is 57.6 Å². The van der Waals surface area contributed by atoms with Gasteiger partial charge in [-0.1, -0.05) is 31.2 Å². The zero-order valence-corrected chi connectivity index (χ0v) is 12.5. The minimum absolute atomic E-state index is 0.129. The van der Waals surface area contributed by atoms with E-state index >= 15 is 0 Å². The summed E-state index contributed by atoms with van der Waals surface area (Å²) < 4.78 is 0. The van der Waals surface area contributed by atoms with E-state index in [9.17, 15) is 14.7 Å². The summed E-state index contributed by atoms with van der Waals surface area (Å²) in [5, 5.41) is 9.27. The molecule has 4 nitrogen and oxygen atoms in total. The zero-order chi connectivity index (χ0) is 15.4. The van der Waals surface area contributed by atoms with Crippen molar-refractivity contribution >= 4 is 17.6 Å². The molecule has 1 N–H and O–H groups in total. The molecule has 1 aliphatic rings. The fourth-order valence-electron chi connectivity index (χ4n) is 2.69. The lowest BCUT2D eigenvalue weighted by Gasteiger charge is -2.28. The van der Waals surface area contributed by atoms with Crippen LogP contribution in [-0.4, -0.2) is 24.0 Å². The van der Waals surface area contributed by atoms with Gasteiger partial charge in [-0.25, -0.2) is 0 Å². The molecule has 0 saturated heterocycles. The molecule has 0 spiro atoms. The molecule has 0 aromatic heterocycles. The summed E-state index contributed by atoms with van der Waals surface area (Å²) in [7, 11) is 1.71. The normalized spacial score (nSPS) is 21.0. The van der Waals surface area contributed by atoms with Gasteiger partial charge in [0.05, 0.1) is 11.8 Å². The highest BCUT2D eigenvalue weighted by molar-refractivity contribution is 5.97. The quantitative estimate of drug-likeness (QED) is 0.866. The van der Waals surface area contributed by atoms with Gasteiger partial charge in [-0.05, 0) is 37.0 Å². The van der Waals surface area contributed by atoms with Crippen molar-refractivity contribution < 1.29 is 14.7 Å². The van der Waals surface area contributed by atoms with E-state index in [-0.39, 0.29) is 5.91 Å². The van der Waals surface area contributed by atoms with E-state index in [4.69, 9.17) is 0 Å². The molecule has 21 heavy (non-hydrogen) atoms. The molecule has 0 fully saturated rings. The lowest BCUT2D eigenvalue weighted by atomic mass is 9.82. The molecule has 2 unspecified atom stereocenters. The number of amides is 1. The second-order valence-corrected chi connectivity index (χ2v) is 5.41. The van der Waals surface area contributed by atoms with Gasteiger partial charge in [0.15, 0.2) is 0 Å². The summed E-state index contributed by atoms with van der Waals surface area (Å²) >= 11 is 0. The van der Waals surface area contributed by atoms with E-state index in [1.807, 2.05) is 36.4 Å². The van der Waals surface area contributed by atoms with Crippen LogP contribution in [0.15, 0.2) is 36.4 Å². The fraction of sp³-hybridized carbons (Fsp3) is 0.412. The summed E-state index contributed by atoms with van der Waals surface area (Å²) in [5.41, 5.74) is 2.01. The van der Waals surface area contributed by atoms with Crippen molar-refractivity contribution in [3.05, 3.63) is 42.0 Å². The molecule has 0 bridgehead atoms. The minimum atomic E-state index is -0.896. The third-order valence-electron chi connectivity index (χ3n) is 4.13. The summed E-state index contributed by atoms with van der Waals surface area (Å²) in [6.07, 6.45) is 5.61. The monoisotopic (exact) mass is 287 g/mol. The van der Waals surface area contributed by atoms with Crippen LogP contribution in [0.2, 0.25) is 0 Å². The highest BCUT2D eigenvalue weighted by Crippen LogP contribution is 2.29. The fourth-order valence-corrected chi connectivity index (χ4v) is 2.69. The van der Waals surface area contributed by atoms with Gasteiger partial charge in [0.1, 0.15) is 0 Å². The van der Waals surface area contributed by atoms with Crippen LogP contribution in [0, 0.1) is 11.8 Å². The SMILES string of the molecule is CCc1ccc(N(C)C(=O)C2CC=CCC2C(=O)O)cc1. The number of hydrogen-bond acceptors (Lipinski definition) is 2. The van der Waals surface area contributed by atoms with E-state index in [0.29, 0.717) is 12.8 Å². The van der Waals surface area contributed by atoms with Crippen molar-refractivity contribution in [3.63, 3.8) is 0 Å². The molecule has 1 amide bonds. The number of benzene rings is 1. The first-order chi connectivity index (χ1) is 10.0. The predicted octanol–water partition coefficient (Wildman–Crippen LogP) is 2.88. The highest BCUT2D eigenvalue weighted by Gasteiger charge is 2.35. The molecule has 1 aliphatic carbocycles. The maximum Gasteiger partial charge on any atom is 0.307 e. The molecule has 2 rings (SSSR count). The van der Waals surface area contributed by atoms with Crippen molar-refractivity contribution in [3.8, 4) is 0 Å². The van der Waals surface area contributed by atoms with Gasteiger partial charge in [-0.3, -0.25) is 9.59 Å². The van der Waals surface area contributed by atoms with E-state index in [1.54, 1.807) is 11.9 Å². The van der Waals surface area contributed by atoms with Crippen LogP contribution in [0.1, 0.15) is 25.3 Å². The Hall–Kier alpha value is -2.10. The van der Waals surface area contributed by atoms with Crippen molar-refractivity contribution in [2.45, 2.75) is 26.2 Å². The Kier molecular flexibility index (Phi) is 4.78. The third kappa shape index (κ3) is 3.32.